The summed E-state index contributed by atoms with van der Waals surface area (Å²) < 4.78 is 11.3. The second-order valence-electron chi connectivity index (χ2n) is 6.49. The van der Waals surface area contributed by atoms with E-state index in [-0.39, 0.29) is 5.92 Å². The van der Waals surface area contributed by atoms with Crippen LogP contribution in [0.15, 0.2) is 12.1 Å². The normalized spacial score (nSPS) is 49.4. The molecule has 5 heteroatoms. The summed E-state index contributed by atoms with van der Waals surface area (Å²) in [5.41, 5.74) is 0.0193. The Hall–Kier alpha value is -1.30. The predicted molar refractivity (Wildman–Crippen MR) is 67.9 cm³/mol. The van der Waals surface area contributed by atoms with Gasteiger partial charge in [-0.2, -0.15) is 0 Å². The first-order valence-corrected chi connectivity index (χ1v) is 7.01. The summed E-state index contributed by atoms with van der Waals surface area (Å²) in [5.74, 6) is 0.967. The number of hydrogen-bond acceptors (Lipinski definition) is 5. The van der Waals surface area contributed by atoms with E-state index in [0.717, 1.165) is 11.1 Å². The van der Waals surface area contributed by atoms with Crippen LogP contribution >= 0.6 is 0 Å². The fraction of sp³-hybridized carbons (Fsp3) is 0.600. The number of hydrogen-bond donors (Lipinski definition) is 3. The lowest BCUT2D eigenvalue weighted by Gasteiger charge is -2.58. The minimum absolute atomic E-state index is 0.296. The molecule has 20 heavy (non-hydrogen) atoms. The van der Waals surface area contributed by atoms with Gasteiger partial charge in [0.05, 0.1) is 24.7 Å². The highest BCUT2D eigenvalue weighted by atomic mass is 16.5. The Labute approximate surface area is 115 Å². The fourth-order valence-corrected chi connectivity index (χ4v) is 5.28. The molecule has 1 aromatic carbocycles. The largest absolute Gasteiger partial charge is 0.493 e. The SMILES string of the molecule is COc1ccc2c3c1OC1C(O)C4C[C@]31[C@]4(O)C(O)C2. The fourth-order valence-electron chi connectivity index (χ4n) is 5.28. The molecule has 1 spiro atoms. The van der Waals surface area contributed by atoms with Crippen molar-refractivity contribution in [1.82, 2.24) is 0 Å². The highest BCUT2D eigenvalue weighted by Crippen LogP contribution is 2.75. The number of aliphatic hydroxyl groups excluding tert-OH is 2. The molecule has 106 valence electrons. The maximum absolute atomic E-state index is 11.0. The van der Waals surface area contributed by atoms with Gasteiger partial charge in [0.25, 0.3) is 0 Å². The topological polar surface area (TPSA) is 79.2 Å². The van der Waals surface area contributed by atoms with Crippen molar-refractivity contribution in [1.29, 1.82) is 0 Å². The van der Waals surface area contributed by atoms with Crippen molar-refractivity contribution in [3.8, 4) is 11.5 Å². The first-order valence-electron chi connectivity index (χ1n) is 7.01. The second-order valence-corrected chi connectivity index (χ2v) is 6.49. The van der Waals surface area contributed by atoms with Gasteiger partial charge in [0.1, 0.15) is 11.7 Å². The molecule has 1 heterocycles. The molecule has 3 saturated carbocycles. The Kier molecular flexibility index (Phi) is 1.69. The molecule has 5 aliphatic rings. The molecule has 3 N–H and O–H groups in total. The number of ether oxygens (including phenoxy) is 2. The van der Waals surface area contributed by atoms with E-state index < -0.39 is 29.3 Å². The van der Waals surface area contributed by atoms with Gasteiger partial charge in [-0.1, -0.05) is 6.07 Å². The monoisotopic (exact) mass is 276 g/mol. The maximum atomic E-state index is 11.0. The minimum atomic E-state index is -1.26. The van der Waals surface area contributed by atoms with E-state index in [1.807, 2.05) is 12.1 Å². The van der Waals surface area contributed by atoms with Crippen LogP contribution in [0.25, 0.3) is 0 Å². The standard InChI is InChI=1S/C15H16O5/c1-19-8-3-2-6-4-9(16)15(18)7-5-14(15)10(6)12(8)20-13(14)11(7)17/h2-3,7,9,11,13,16-18H,4-5H2,1H3/t7?,9?,11?,13?,14-,15+/m0/s1. The smallest absolute Gasteiger partial charge is 0.166 e. The Balaban J connectivity index is 1.86. The van der Waals surface area contributed by atoms with Gasteiger partial charge >= 0.3 is 0 Å². The lowest BCUT2D eigenvalue weighted by molar-refractivity contribution is -0.213. The van der Waals surface area contributed by atoms with E-state index in [1.165, 1.54) is 0 Å². The average molecular weight is 276 g/mol. The number of aliphatic hydroxyl groups is 3. The maximum Gasteiger partial charge on any atom is 0.166 e. The molecule has 0 aromatic heterocycles. The van der Waals surface area contributed by atoms with E-state index in [0.29, 0.717) is 24.3 Å². The van der Waals surface area contributed by atoms with Gasteiger partial charge in [-0.25, -0.2) is 0 Å². The molecular weight excluding hydrogens is 260 g/mol. The molecule has 0 amide bonds. The zero-order valence-corrected chi connectivity index (χ0v) is 11.0. The van der Waals surface area contributed by atoms with Gasteiger partial charge in [0, 0.05) is 17.9 Å². The predicted octanol–water partition coefficient (Wildman–Crippen LogP) is -0.264. The molecule has 1 aromatic rings. The zero-order valence-electron chi connectivity index (χ0n) is 11.0. The molecule has 0 radical (unpaired) electrons. The minimum Gasteiger partial charge on any atom is -0.493 e. The summed E-state index contributed by atoms with van der Waals surface area (Å²) in [5, 5.41) is 31.9. The molecule has 4 unspecified atom stereocenters. The molecule has 6 atom stereocenters. The lowest BCUT2D eigenvalue weighted by Crippen LogP contribution is -2.71. The molecule has 3 fully saturated rings. The van der Waals surface area contributed by atoms with Crippen LogP contribution < -0.4 is 9.47 Å². The van der Waals surface area contributed by atoms with Gasteiger partial charge in [0.15, 0.2) is 11.5 Å². The van der Waals surface area contributed by atoms with Crippen LogP contribution in [0.4, 0.5) is 0 Å². The van der Waals surface area contributed by atoms with Crippen molar-refractivity contribution in [2.45, 2.75) is 42.2 Å². The average Bonchev–Trinajstić information content (AvgIpc) is 2.99. The summed E-state index contributed by atoms with van der Waals surface area (Å²) in [6.07, 6.45) is -1.00. The second kappa shape index (κ2) is 2.98. The molecule has 2 bridgehead atoms. The van der Waals surface area contributed by atoms with Crippen molar-refractivity contribution in [2.24, 2.45) is 5.92 Å². The van der Waals surface area contributed by atoms with Crippen LogP contribution in [-0.2, 0) is 11.8 Å². The Morgan fingerprint density at radius 1 is 1.35 bits per heavy atom. The number of benzene rings is 1. The number of methoxy groups -OCH3 is 1. The summed E-state index contributed by atoms with van der Waals surface area (Å²) in [4.78, 5) is 0. The van der Waals surface area contributed by atoms with Crippen molar-refractivity contribution in [3.63, 3.8) is 0 Å². The molecule has 5 nitrogen and oxygen atoms in total. The van der Waals surface area contributed by atoms with E-state index in [2.05, 4.69) is 0 Å². The summed E-state index contributed by atoms with van der Waals surface area (Å²) in [7, 11) is 1.58. The van der Waals surface area contributed by atoms with Crippen molar-refractivity contribution in [2.75, 3.05) is 7.11 Å². The summed E-state index contributed by atoms with van der Waals surface area (Å²) in [6, 6.07) is 3.75. The van der Waals surface area contributed by atoms with E-state index in [1.54, 1.807) is 7.11 Å². The van der Waals surface area contributed by atoms with E-state index in [4.69, 9.17) is 9.47 Å². The van der Waals surface area contributed by atoms with Crippen LogP contribution in [0.3, 0.4) is 0 Å². The van der Waals surface area contributed by atoms with Crippen LogP contribution in [0.1, 0.15) is 17.5 Å². The van der Waals surface area contributed by atoms with Crippen LogP contribution in [0, 0.1) is 5.92 Å². The molecule has 1 aliphatic heterocycles. The first-order chi connectivity index (χ1) is 9.55. The first kappa shape index (κ1) is 11.4. The molecule has 6 rings (SSSR count). The van der Waals surface area contributed by atoms with Gasteiger partial charge in [-0.3, -0.25) is 0 Å². The zero-order chi connectivity index (χ0) is 13.9. The van der Waals surface area contributed by atoms with Gasteiger partial charge in [-0.15, -0.1) is 0 Å². The third-order valence-electron chi connectivity index (χ3n) is 6.07. The van der Waals surface area contributed by atoms with Gasteiger partial charge in [0.2, 0.25) is 0 Å². The van der Waals surface area contributed by atoms with E-state index in [9.17, 15) is 15.3 Å². The van der Waals surface area contributed by atoms with Crippen molar-refractivity contribution in [3.05, 3.63) is 23.3 Å². The molecule has 4 aliphatic carbocycles. The summed E-state index contributed by atoms with van der Waals surface area (Å²) >= 11 is 0. The quantitative estimate of drug-likeness (QED) is 0.658. The van der Waals surface area contributed by atoms with Crippen LogP contribution in [-0.4, -0.2) is 46.3 Å². The van der Waals surface area contributed by atoms with Crippen molar-refractivity contribution >= 4 is 0 Å². The highest BCUT2D eigenvalue weighted by molar-refractivity contribution is 5.65. The Morgan fingerprint density at radius 2 is 2.15 bits per heavy atom. The Bertz CT molecular complexity index is 643. The van der Waals surface area contributed by atoms with Gasteiger partial charge < -0.3 is 24.8 Å². The van der Waals surface area contributed by atoms with Crippen LogP contribution in [0.5, 0.6) is 11.5 Å². The highest BCUT2D eigenvalue weighted by Gasteiger charge is 2.85. The summed E-state index contributed by atoms with van der Waals surface area (Å²) in [6.45, 7) is 0. The third kappa shape index (κ3) is 0.801. The molecular formula is C15H16O5. The third-order valence-corrected chi connectivity index (χ3v) is 6.07. The Morgan fingerprint density at radius 3 is 2.90 bits per heavy atom. The van der Waals surface area contributed by atoms with Gasteiger partial charge in [-0.05, 0) is 18.1 Å². The van der Waals surface area contributed by atoms with Crippen LogP contribution in [0.2, 0.25) is 0 Å². The number of rotatable bonds is 1. The molecule has 0 saturated heterocycles. The lowest BCUT2D eigenvalue weighted by atomic mass is 9.48. The van der Waals surface area contributed by atoms with E-state index >= 15 is 0 Å². The van der Waals surface area contributed by atoms with Crippen molar-refractivity contribution < 1.29 is 24.8 Å².